The molecule has 0 radical (unpaired) electrons. The zero-order chi connectivity index (χ0) is 8.01. The predicted octanol–water partition coefficient (Wildman–Crippen LogP) is -0.251. The van der Waals surface area contributed by atoms with Crippen LogP contribution in [0.4, 0.5) is 0 Å². The van der Waals surface area contributed by atoms with Crippen LogP contribution >= 0.6 is 0 Å². The van der Waals surface area contributed by atoms with Gasteiger partial charge in [-0.15, -0.1) is 0 Å². The number of hydrogen-bond donors (Lipinski definition) is 2. The smallest absolute Gasteiger partial charge is 0.224 e. The van der Waals surface area contributed by atoms with Crippen LogP contribution in [0.1, 0.15) is 13.3 Å². The molecular formula is C8H13NO2. The van der Waals surface area contributed by atoms with Gasteiger partial charge in [0.1, 0.15) is 0 Å². The third kappa shape index (κ3) is 0.805. The van der Waals surface area contributed by atoms with Crippen molar-refractivity contribution in [3.63, 3.8) is 0 Å². The maximum absolute atomic E-state index is 11.1. The average Bonchev–Trinajstić information content (AvgIpc) is 2.65. The number of carbonyl (C=O) groups excluding carboxylic acids is 1. The fourth-order valence-corrected chi connectivity index (χ4v) is 2.39. The number of rotatable bonds is 2. The zero-order valence-electron chi connectivity index (χ0n) is 6.58. The molecule has 2 fully saturated rings. The van der Waals surface area contributed by atoms with Crippen LogP contribution in [-0.2, 0) is 4.79 Å². The lowest BCUT2D eigenvalue weighted by Gasteiger charge is -2.11. The Morgan fingerprint density at radius 1 is 1.64 bits per heavy atom. The second kappa shape index (κ2) is 2.21. The minimum absolute atomic E-state index is 0.0532. The van der Waals surface area contributed by atoms with Gasteiger partial charge in [0.2, 0.25) is 5.91 Å². The SMILES string of the molecule is CCC1C2C(=O)NC(CO)C12. The molecule has 3 nitrogen and oxygen atoms in total. The summed E-state index contributed by atoms with van der Waals surface area (Å²) in [6.07, 6.45) is 1.07. The molecule has 62 valence electrons. The molecule has 2 rings (SSSR count). The molecule has 1 aliphatic carbocycles. The van der Waals surface area contributed by atoms with E-state index < -0.39 is 0 Å². The lowest BCUT2D eigenvalue weighted by Crippen LogP contribution is -2.34. The molecule has 3 heteroatoms. The van der Waals surface area contributed by atoms with Crippen molar-refractivity contribution >= 4 is 5.91 Å². The van der Waals surface area contributed by atoms with E-state index in [2.05, 4.69) is 12.2 Å². The normalized spacial score (nSPS) is 46.9. The standard InChI is InChI=1S/C8H13NO2/c1-2-4-6-5(3-10)9-8(11)7(4)6/h4-7,10H,2-3H2,1H3,(H,9,11). The Labute approximate surface area is 65.8 Å². The van der Waals surface area contributed by atoms with E-state index in [4.69, 9.17) is 5.11 Å². The minimum atomic E-state index is 0.0532. The number of aliphatic hydroxyl groups is 1. The van der Waals surface area contributed by atoms with Crippen molar-refractivity contribution in [2.75, 3.05) is 6.61 Å². The Kier molecular flexibility index (Phi) is 1.42. The molecule has 1 heterocycles. The molecule has 4 atom stereocenters. The van der Waals surface area contributed by atoms with Gasteiger partial charge in [0.05, 0.1) is 12.6 Å². The monoisotopic (exact) mass is 155 g/mol. The maximum atomic E-state index is 11.1. The van der Waals surface area contributed by atoms with E-state index in [0.717, 1.165) is 6.42 Å². The fraction of sp³-hybridized carbons (Fsp3) is 0.875. The highest BCUT2D eigenvalue weighted by molar-refractivity contribution is 5.85. The summed E-state index contributed by atoms with van der Waals surface area (Å²) in [6.45, 7) is 2.20. The molecule has 1 amide bonds. The van der Waals surface area contributed by atoms with E-state index >= 15 is 0 Å². The van der Waals surface area contributed by atoms with E-state index in [1.54, 1.807) is 0 Å². The number of piperidine rings is 1. The molecule has 11 heavy (non-hydrogen) atoms. The van der Waals surface area contributed by atoms with Gasteiger partial charge in [-0.1, -0.05) is 13.3 Å². The van der Waals surface area contributed by atoms with Crippen molar-refractivity contribution < 1.29 is 9.90 Å². The molecule has 1 aliphatic heterocycles. The first-order valence-corrected chi connectivity index (χ1v) is 4.20. The summed E-state index contributed by atoms with van der Waals surface area (Å²) in [6, 6.07) is 0.0532. The zero-order valence-corrected chi connectivity index (χ0v) is 6.58. The van der Waals surface area contributed by atoms with Crippen molar-refractivity contribution in [3.8, 4) is 0 Å². The van der Waals surface area contributed by atoms with E-state index in [1.807, 2.05) is 0 Å². The highest BCUT2D eigenvalue weighted by Crippen LogP contribution is 2.54. The van der Waals surface area contributed by atoms with E-state index in [9.17, 15) is 4.79 Å². The summed E-state index contributed by atoms with van der Waals surface area (Å²) >= 11 is 0. The molecule has 1 saturated heterocycles. The second-order valence-corrected chi connectivity index (χ2v) is 3.47. The fourth-order valence-electron chi connectivity index (χ4n) is 2.39. The van der Waals surface area contributed by atoms with Crippen LogP contribution in [0.3, 0.4) is 0 Å². The van der Waals surface area contributed by atoms with Gasteiger partial charge in [-0.2, -0.15) is 0 Å². The Morgan fingerprint density at radius 2 is 2.36 bits per heavy atom. The molecule has 0 aromatic heterocycles. The van der Waals surface area contributed by atoms with Crippen LogP contribution in [0, 0.1) is 17.8 Å². The van der Waals surface area contributed by atoms with Crippen molar-refractivity contribution in [1.29, 1.82) is 0 Å². The minimum Gasteiger partial charge on any atom is -0.394 e. The highest BCUT2D eigenvalue weighted by atomic mass is 16.3. The molecule has 2 aliphatic rings. The van der Waals surface area contributed by atoms with Gasteiger partial charge in [-0.3, -0.25) is 4.79 Å². The van der Waals surface area contributed by atoms with Crippen LogP contribution in [0.5, 0.6) is 0 Å². The molecule has 2 N–H and O–H groups in total. The van der Waals surface area contributed by atoms with Crippen molar-refractivity contribution in [1.82, 2.24) is 5.32 Å². The Morgan fingerprint density at radius 3 is 2.82 bits per heavy atom. The van der Waals surface area contributed by atoms with E-state index in [0.29, 0.717) is 11.8 Å². The third-order valence-corrected chi connectivity index (χ3v) is 2.99. The number of fused-ring (bicyclic) bond motifs is 1. The van der Waals surface area contributed by atoms with E-state index in [1.165, 1.54) is 0 Å². The Balaban J connectivity index is 2.06. The van der Waals surface area contributed by atoms with Gasteiger partial charge in [-0.05, 0) is 11.8 Å². The van der Waals surface area contributed by atoms with Crippen molar-refractivity contribution in [2.24, 2.45) is 17.8 Å². The van der Waals surface area contributed by atoms with Gasteiger partial charge in [0, 0.05) is 5.92 Å². The first-order chi connectivity index (χ1) is 5.29. The van der Waals surface area contributed by atoms with Gasteiger partial charge >= 0.3 is 0 Å². The second-order valence-electron chi connectivity index (χ2n) is 3.47. The number of aliphatic hydroxyl groups excluding tert-OH is 1. The number of carbonyl (C=O) groups is 1. The molecule has 0 aromatic carbocycles. The lowest BCUT2D eigenvalue weighted by molar-refractivity contribution is -0.121. The van der Waals surface area contributed by atoms with E-state index in [-0.39, 0.29) is 24.5 Å². The summed E-state index contributed by atoms with van der Waals surface area (Å²) in [5.41, 5.74) is 0. The van der Waals surface area contributed by atoms with Gasteiger partial charge in [0.25, 0.3) is 0 Å². The van der Waals surface area contributed by atoms with Crippen molar-refractivity contribution in [3.05, 3.63) is 0 Å². The molecule has 0 aromatic rings. The highest BCUT2D eigenvalue weighted by Gasteiger charge is 2.61. The molecule has 0 spiro atoms. The first-order valence-electron chi connectivity index (χ1n) is 4.20. The summed E-state index contributed by atoms with van der Waals surface area (Å²) in [5.74, 6) is 1.39. The summed E-state index contributed by atoms with van der Waals surface area (Å²) < 4.78 is 0. The van der Waals surface area contributed by atoms with Crippen LogP contribution in [0.15, 0.2) is 0 Å². The Bertz CT molecular complexity index is 193. The molecule has 1 saturated carbocycles. The van der Waals surface area contributed by atoms with Gasteiger partial charge < -0.3 is 10.4 Å². The summed E-state index contributed by atoms with van der Waals surface area (Å²) in [4.78, 5) is 11.1. The summed E-state index contributed by atoms with van der Waals surface area (Å²) in [7, 11) is 0. The topological polar surface area (TPSA) is 49.3 Å². The predicted molar refractivity (Wildman–Crippen MR) is 39.8 cm³/mol. The Hall–Kier alpha value is -0.570. The van der Waals surface area contributed by atoms with Gasteiger partial charge in [-0.25, -0.2) is 0 Å². The molecular weight excluding hydrogens is 142 g/mol. The number of hydrogen-bond acceptors (Lipinski definition) is 2. The van der Waals surface area contributed by atoms with Crippen LogP contribution in [0.25, 0.3) is 0 Å². The quantitative estimate of drug-likeness (QED) is 0.577. The third-order valence-electron chi connectivity index (χ3n) is 2.99. The lowest BCUT2D eigenvalue weighted by atomic mass is 10.1. The number of nitrogens with one attached hydrogen (secondary N) is 1. The summed E-state index contributed by atoms with van der Waals surface area (Å²) in [5, 5.41) is 11.7. The van der Waals surface area contributed by atoms with Crippen LogP contribution in [0.2, 0.25) is 0 Å². The van der Waals surface area contributed by atoms with Crippen LogP contribution in [-0.4, -0.2) is 23.7 Å². The average molecular weight is 155 g/mol. The maximum Gasteiger partial charge on any atom is 0.224 e. The molecule has 0 bridgehead atoms. The molecule has 4 unspecified atom stereocenters. The number of amides is 1. The van der Waals surface area contributed by atoms with Gasteiger partial charge in [0.15, 0.2) is 0 Å². The van der Waals surface area contributed by atoms with Crippen molar-refractivity contribution in [2.45, 2.75) is 19.4 Å². The largest absolute Gasteiger partial charge is 0.394 e. The first kappa shape index (κ1) is 7.10. The van der Waals surface area contributed by atoms with Crippen LogP contribution < -0.4 is 5.32 Å².